The Morgan fingerprint density at radius 2 is 2.04 bits per heavy atom. The number of imidazole rings is 1. The van der Waals surface area contributed by atoms with E-state index in [1.165, 1.54) is 12.1 Å². The minimum atomic E-state index is -0.307. The molecule has 0 radical (unpaired) electrons. The Bertz CT molecular complexity index is 1070. The zero-order valence-corrected chi connectivity index (χ0v) is 15.3. The van der Waals surface area contributed by atoms with E-state index in [1.807, 2.05) is 6.92 Å². The monoisotopic (exact) mass is 381 g/mol. The van der Waals surface area contributed by atoms with Gasteiger partial charge in [-0.15, -0.1) is 0 Å². The number of hydrogen-bond donors (Lipinski definition) is 2. The molecule has 0 aliphatic carbocycles. The molecule has 0 saturated carbocycles. The summed E-state index contributed by atoms with van der Waals surface area (Å²) in [4.78, 5) is 13.4. The van der Waals surface area contributed by atoms with E-state index in [4.69, 9.17) is 9.52 Å². The number of fused-ring (bicyclic) bond motifs is 1. The molecular formula is C20H20FN5O2. The number of nitrogens with zero attached hydrogens (tertiary/aromatic N) is 4. The quantitative estimate of drug-likeness (QED) is 0.508. The summed E-state index contributed by atoms with van der Waals surface area (Å²) in [5, 5.41) is 12.3. The number of rotatable bonds is 7. The van der Waals surface area contributed by atoms with E-state index < -0.39 is 0 Å². The molecule has 0 unspecified atom stereocenters. The van der Waals surface area contributed by atoms with Crippen LogP contribution in [0.25, 0.3) is 28.5 Å². The van der Waals surface area contributed by atoms with Gasteiger partial charge in [-0.2, -0.15) is 4.98 Å². The highest BCUT2D eigenvalue weighted by Gasteiger charge is 2.19. The van der Waals surface area contributed by atoms with Gasteiger partial charge in [0.25, 0.3) is 0 Å². The van der Waals surface area contributed by atoms with E-state index in [1.54, 1.807) is 41.3 Å². The predicted molar refractivity (Wildman–Crippen MR) is 103 cm³/mol. The molecule has 4 rings (SSSR count). The van der Waals surface area contributed by atoms with Crippen molar-refractivity contribution in [2.75, 3.05) is 18.5 Å². The second-order valence-electron chi connectivity index (χ2n) is 6.64. The average molecular weight is 381 g/mol. The number of benzene rings is 1. The lowest BCUT2D eigenvalue weighted by Crippen LogP contribution is -2.11. The van der Waals surface area contributed by atoms with Crippen LogP contribution in [-0.4, -0.2) is 37.6 Å². The van der Waals surface area contributed by atoms with Gasteiger partial charge in [-0.3, -0.25) is 4.40 Å². The summed E-state index contributed by atoms with van der Waals surface area (Å²) in [7, 11) is 0. The van der Waals surface area contributed by atoms with E-state index >= 15 is 0 Å². The van der Waals surface area contributed by atoms with Gasteiger partial charge in [-0.1, -0.05) is 6.92 Å². The van der Waals surface area contributed by atoms with Gasteiger partial charge in [0.1, 0.15) is 23.5 Å². The van der Waals surface area contributed by atoms with E-state index in [2.05, 4.69) is 20.3 Å². The molecule has 0 saturated heterocycles. The maximum Gasteiger partial charge on any atom is 0.306 e. The Morgan fingerprint density at radius 3 is 2.82 bits per heavy atom. The number of anilines is 1. The zero-order chi connectivity index (χ0) is 19.5. The first-order valence-corrected chi connectivity index (χ1v) is 9.05. The first-order chi connectivity index (χ1) is 13.7. The van der Waals surface area contributed by atoms with Crippen molar-refractivity contribution in [2.45, 2.75) is 13.3 Å². The van der Waals surface area contributed by atoms with Gasteiger partial charge in [-0.25, -0.2) is 14.4 Å². The number of halogens is 1. The molecule has 0 aliphatic rings. The number of oxazole rings is 1. The smallest absolute Gasteiger partial charge is 0.306 e. The first-order valence-electron chi connectivity index (χ1n) is 9.05. The van der Waals surface area contributed by atoms with Crippen LogP contribution in [0.15, 0.2) is 53.4 Å². The highest BCUT2D eigenvalue weighted by atomic mass is 19.1. The number of aliphatic hydroxyl groups is 1. The van der Waals surface area contributed by atoms with Crippen molar-refractivity contribution in [3.63, 3.8) is 0 Å². The maximum atomic E-state index is 13.3. The van der Waals surface area contributed by atoms with E-state index in [-0.39, 0.29) is 18.3 Å². The zero-order valence-electron chi connectivity index (χ0n) is 15.3. The third-order valence-corrected chi connectivity index (χ3v) is 4.51. The Balaban J connectivity index is 1.70. The van der Waals surface area contributed by atoms with Gasteiger partial charge in [0.05, 0.1) is 5.69 Å². The molecular weight excluding hydrogens is 361 g/mol. The summed E-state index contributed by atoms with van der Waals surface area (Å²) in [6.07, 6.45) is 5.80. The van der Waals surface area contributed by atoms with Crippen LogP contribution in [0.5, 0.6) is 0 Å². The minimum absolute atomic E-state index is 0.151. The Kier molecular flexibility index (Phi) is 5.03. The molecule has 3 heterocycles. The average Bonchev–Trinajstić information content (AvgIpc) is 3.30. The standard InChI is InChI=1S/C20H20FN5O2/c1-13(12-27)6-8-22-19-23-9-7-16(24-19)18-17(14-2-4-15(21)5-3-14)25-20-26(18)10-11-28-20/h2-5,7,9-11,13,27H,6,8,12H2,1H3,(H,22,23,24)/t13-/m1/s1. The van der Waals surface area contributed by atoms with Crippen molar-refractivity contribution >= 4 is 11.8 Å². The molecule has 1 atom stereocenters. The number of hydrogen-bond acceptors (Lipinski definition) is 6. The van der Waals surface area contributed by atoms with Crippen molar-refractivity contribution < 1.29 is 13.9 Å². The summed E-state index contributed by atoms with van der Waals surface area (Å²) in [6.45, 7) is 2.79. The predicted octanol–water partition coefficient (Wildman–Crippen LogP) is 3.62. The van der Waals surface area contributed by atoms with Gasteiger partial charge >= 0.3 is 5.84 Å². The fraction of sp³-hybridized carbons (Fsp3) is 0.250. The summed E-state index contributed by atoms with van der Waals surface area (Å²) in [5.74, 6) is 0.824. The van der Waals surface area contributed by atoms with E-state index in [0.29, 0.717) is 29.7 Å². The molecule has 28 heavy (non-hydrogen) atoms. The van der Waals surface area contributed by atoms with Gasteiger partial charge in [-0.05, 0) is 42.7 Å². The minimum Gasteiger partial charge on any atom is -0.432 e. The Labute approximate surface area is 160 Å². The van der Waals surface area contributed by atoms with Crippen LogP contribution >= 0.6 is 0 Å². The fourth-order valence-electron chi connectivity index (χ4n) is 2.94. The molecule has 1 aromatic carbocycles. The third-order valence-electron chi connectivity index (χ3n) is 4.51. The van der Waals surface area contributed by atoms with Gasteiger partial charge in [0.15, 0.2) is 0 Å². The van der Waals surface area contributed by atoms with E-state index in [0.717, 1.165) is 17.7 Å². The Hall–Kier alpha value is -3.26. The van der Waals surface area contributed by atoms with E-state index in [9.17, 15) is 4.39 Å². The third kappa shape index (κ3) is 3.59. The molecule has 0 fully saturated rings. The lowest BCUT2D eigenvalue weighted by atomic mass is 10.1. The van der Waals surface area contributed by atoms with Crippen LogP contribution in [0.3, 0.4) is 0 Å². The summed E-state index contributed by atoms with van der Waals surface area (Å²) in [5.41, 5.74) is 2.82. The van der Waals surface area contributed by atoms with Gasteiger partial charge in [0.2, 0.25) is 5.95 Å². The molecule has 0 bridgehead atoms. The van der Waals surface area contributed by atoms with Crippen LogP contribution in [0, 0.1) is 11.7 Å². The second-order valence-corrected chi connectivity index (χ2v) is 6.64. The van der Waals surface area contributed by atoms with Crippen LogP contribution in [0.1, 0.15) is 13.3 Å². The normalized spacial score (nSPS) is 12.4. The van der Waals surface area contributed by atoms with Crippen molar-refractivity contribution in [2.24, 2.45) is 5.92 Å². The van der Waals surface area contributed by atoms with Gasteiger partial charge < -0.3 is 14.8 Å². The number of aliphatic hydroxyl groups excluding tert-OH is 1. The molecule has 3 aromatic heterocycles. The topological polar surface area (TPSA) is 88.5 Å². The lowest BCUT2D eigenvalue weighted by molar-refractivity contribution is 0.233. The van der Waals surface area contributed by atoms with Crippen LogP contribution in [0.2, 0.25) is 0 Å². The van der Waals surface area contributed by atoms with Crippen LogP contribution in [0.4, 0.5) is 10.3 Å². The molecule has 2 N–H and O–H groups in total. The highest BCUT2D eigenvalue weighted by molar-refractivity contribution is 5.79. The number of nitrogens with one attached hydrogen (secondary N) is 1. The van der Waals surface area contributed by atoms with Crippen molar-refractivity contribution in [3.05, 3.63) is 54.8 Å². The maximum absolute atomic E-state index is 13.3. The second kappa shape index (κ2) is 7.77. The van der Waals surface area contributed by atoms with Crippen molar-refractivity contribution in [3.8, 4) is 22.6 Å². The lowest BCUT2D eigenvalue weighted by Gasteiger charge is -2.10. The van der Waals surface area contributed by atoms with Crippen molar-refractivity contribution in [1.29, 1.82) is 0 Å². The molecule has 7 nitrogen and oxygen atoms in total. The summed E-state index contributed by atoms with van der Waals surface area (Å²) in [6, 6.07) is 7.95. The van der Waals surface area contributed by atoms with Crippen LogP contribution in [-0.2, 0) is 0 Å². The molecule has 8 heteroatoms. The molecule has 0 amide bonds. The molecule has 4 aromatic rings. The highest BCUT2D eigenvalue weighted by Crippen LogP contribution is 2.32. The SMILES string of the molecule is C[C@@H](CO)CCNc1nccc(-c2c(-c3ccc(F)cc3)nc3occn23)n1. The van der Waals surface area contributed by atoms with Crippen LogP contribution < -0.4 is 5.32 Å². The molecule has 144 valence electrons. The molecule has 0 spiro atoms. The van der Waals surface area contributed by atoms with Crippen molar-refractivity contribution in [1.82, 2.24) is 19.4 Å². The largest absolute Gasteiger partial charge is 0.432 e. The summed E-state index contributed by atoms with van der Waals surface area (Å²) < 4.78 is 20.6. The first kappa shape index (κ1) is 18.1. The van der Waals surface area contributed by atoms with Gasteiger partial charge in [0, 0.05) is 31.1 Å². The fourth-order valence-corrected chi connectivity index (χ4v) is 2.94. The molecule has 0 aliphatic heterocycles. The number of aromatic nitrogens is 4. The Morgan fingerprint density at radius 1 is 1.21 bits per heavy atom. The summed E-state index contributed by atoms with van der Waals surface area (Å²) >= 11 is 0.